The first-order valence-corrected chi connectivity index (χ1v) is 17.4. The molecule has 7 nitrogen and oxygen atoms in total. The molecule has 0 aromatic heterocycles. The second-order valence-corrected chi connectivity index (χ2v) is 14.0. The number of nitrogens with zero attached hydrogens (tertiary/aromatic N) is 1. The number of phenolic OH excluding ortho intramolecular Hbond substituents is 1. The van der Waals surface area contributed by atoms with E-state index in [1.165, 1.54) is 41.5 Å². The van der Waals surface area contributed by atoms with Crippen LogP contribution in [0.2, 0.25) is 0 Å². The van der Waals surface area contributed by atoms with Crippen LogP contribution in [0.5, 0.6) is 23.0 Å². The third-order valence-corrected chi connectivity index (χ3v) is 10.1. The summed E-state index contributed by atoms with van der Waals surface area (Å²) in [4.78, 5) is 2.70. The van der Waals surface area contributed by atoms with Gasteiger partial charge in [0.2, 0.25) is 0 Å². The number of hydrogen-bond acceptors (Lipinski definition) is 7. The minimum Gasteiger partial charge on any atom is -0.504 e. The van der Waals surface area contributed by atoms with Crippen molar-refractivity contribution >= 4 is 0 Å². The van der Waals surface area contributed by atoms with Gasteiger partial charge in [-0.2, -0.15) is 0 Å². The largest absolute Gasteiger partial charge is 0.504 e. The highest BCUT2D eigenvalue weighted by molar-refractivity contribution is 5.50. The summed E-state index contributed by atoms with van der Waals surface area (Å²) in [5.41, 5.74) is 5.34. The Bertz CT molecular complexity index is 1210. The van der Waals surface area contributed by atoms with Crippen molar-refractivity contribution in [1.29, 1.82) is 0 Å². The van der Waals surface area contributed by atoms with Crippen LogP contribution in [0.25, 0.3) is 0 Å². The van der Waals surface area contributed by atoms with Crippen molar-refractivity contribution in [3.05, 3.63) is 46.5 Å². The smallest absolute Gasteiger partial charge is 0.161 e. The molecular weight excluding hydrogens is 564 g/mol. The summed E-state index contributed by atoms with van der Waals surface area (Å²) < 4.78 is 22.1. The van der Waals surface area contributed by atoms with E-state index in [1.54, 1.807) is 21.3 Å². The van der Waals surface area contributed by atoms with Gasteiger partial charge in [0.15, 0.2) is 23.0 Å². The number of methoxy groups -OCH3 is 3. The maximum atomic E-state index is 10.3. The average molecular weight is 625 g/mol. The van der Waals surface area contributed by atoms with Gasteiger partial charge in [-0.25, -0.2) is 0 Å². The minimum atomic E-state index is 0.241. The Morgan fingerprint density at radius 1 is 0.822 bits per heavy atom. The molecule has 2 aromatic rings. The van der Waals surface area contributed by atoms with Gasteiger partial charge >= 0.3 is 0 Å². The summed E-state index contributed by atoms with van der Waals surface area (Å²) in [6.45, 7) is 16.3. The number of rotatable bonds is 12. The zero-order valence-corrected chi connectivity index (χ0v) is 29.3. The van der Waals surface area contributed by atoms with Gasteiger partial charge < -0.3 is 29.4 Å². The van der Waals surface area contributed by atoms with Crippen molar-refractivity contribution in [2.75, 3.05) is 54.2 Å². The molecule has 1 fully saturated rings. The number of nitrogens with one attached hydrogen (secondary N) is 1. The second kappa shape index (κ2) is 16.9. The normalized spacial score (nSPS) is 22.6. The van der Waals surface area contributed by atoms with E-state index in [4.69, 9.17) is 18.9 Å². The predicted octanol–water partition coefficient (Wildman–Crippen LogP) is 7.74. The Balaban J connectivity index is 0.000000360. The SMILES string of the molecule is CC(C)CCOCCC(C)C.CC[C@H]1CN2CCc3cc(OC)c(OC)cc3[C@@H]2C[C@@H]1C[C@H]1NCCc2cc(O)c(OC)cc21. The van der Waals surface area contributed by atoms with E-state index in [9.17, 15) is 5.11 Å². The van der Waals surface area contributed by atoms with Gasteiger partial charge in [-0.1, -0.05) is 41.0 Å². The first-order valence-electron chi connectivity index (χ1n) is 17.4. The average Bonchev–Trinajstić information content (AvgIpc) is 3.03. The lowest BCUT2D eigenvalue weighted by Gasteiger charge is -2.48. The fourth-order valence-electron chi connectivity index (χ4n) is 7.33. The molecule has 2 aromatic carbocycles. The molecule has 3 heterocycles. The van der Waals surface area contributed by atoms with E-state index in [2.05, 4.69) is 57.0 Å². The first-order chi connectivity index (χ1) is 21.7. The minimum absolute atomic E-state index is 0.241. The summed E-state index contributed by atoms with van der Waals surface area (Å²) in [6, 6.07) is 9.06. The van der Waals surface area contributed by atoms with Crippen LogP contribution >= 0.6 is 0 Å². The lowest BCUT2D eigenvalue weighted by molar-refractivity contribution is 0.0434. The number of fused-ring (bicyclic) bond motifs is 4. The number of hydrogen-bond donors (Lipinski definition) is 2. The van der Waals surface area contributed by atoms with E-state index >= 15 is 0 Å². The summed E-state index contributed by atoms with van der Waals surface area (Å²) in [5, 5.41) is 14.1. The molecule has 0 spiro atoms. The predicted molar refractivity (Wildman–Crippen MR) is 183 cm³/mol. The molecule has 3 aliphatic rings. The van der Waals surface area contributed by atoms with Crippen LogP contribution in [0.4, 0.5) is 0 Å². The molecule has 4 atom stereocenters. The Hall–Kier alpha value is -2.48. The molecule has 0 radical (unpaired) electrons. The number of piperidine rings is 1. The quantitative estimate of drug-likeness (QED) is 0.234. The van der Waals surface area contributed by atoms with E-state index in [-0.39, 0.29) is 11.8 Å². The molecule has 2 N–H and O–H groups in total. The third kappa shape index (κ3) is 9.08. The number of phenols is 1. The van der Waals surface area contributed by atoms with Crippen molar-refractivity contribution in [3.8, 4) is 23.0 Å². The lowest BCUT2D eigenvalue weighted by Crippen LogP contribution is -2.46. The van der Waals surface area contributed by atoms with Crippen LogP contribution in [0.15, 0.2) is 24.3 Å². The molecule has 1 saturated heterocycles. The highest BCUT2D eigenvalue weighted by atomic mass is 16.5. The molecule has 5 rings (SSSR count). The van der Waals surface area contributed by atoms with Gasteiger partial charge in [0.1, 0.15) is 0 Å². The Morgan fingerprint density at radius 2 is 1.44 bits per heavy atom. The zero-order chi connectivity index (χ0) is 32.5. The van der Waals surface area contributed by atoms with Gasteiger partial charge in [0, 0.05) is 38.4 Å². The highest BCUT2D eigenvalue weighted by Crippen LogP contribution is 2.48. The maximum Gasteiger partial charge on any atom is 0.161 e. The van der Waals surface area contributed by atoms with Crippen LogP contribution in [0.1, 0.15) is 101 Å². The van der Waals surface area contributed by atoms with Crippen molar-refractivity contribution in [1.82, 2.24) is 10.2 Å². The summed E-state index contributed by atoms with van der Waals surface area (Å²) in [5.74, 6) is 5.31. The van der Waals surface area contributed by atoms with Gasteiger partial charge in [-0.05, 0) is 115 Å². The van der Waals surface area contributed by atoms with Crippen LogP contribution in [0.3, 0.4) is 0 Å². The number of ether oxygens (including phenoxy) is 4. The van der Waals surface area contributed by atoms with E-state index in [0.29, 0.717) is 23.6 Å². The van der Waals surface area contributed by atoms with Crippen LogP contribution < -0.4 is 19.5 Å². The number of aromatic hydroxyl groups is 1. The van der Waals surface area contributed by atoms with E-state index in [1.807, 2.05) is 12.1 Å². The van der Waals surface area contributed by atoms with Crippen LogP contribution in [0, 0.1) is 23.7 Å². The van der Waals surface area contributed by atoms with Crippen molar-refractivity contribution in [2.24, 2.45) is 23.7 Å². The summed E-state index contributed by atoms with van der Waals surface area (Å²) in [7, 11) is 5.06. The number of benzene rings is 2. The molecular formula is C38H60N2O5. The van der Waals surface area contributed by atoms with Crippen molar-refractivity contribution < 1.29 is 24.1 Å². The Labute approximate surface area is 273 Å². The lowest BCUT2D eigenvalue weighted by atomic mass is 9.72. The topological polar surface area (TPSA) is 72.4 Å². The first kappa shape index (κ1) is 35.4. The second-order valence-electron chi connectivity index (χ2n) is 14.0. The molecule has 45 heavy (non-hydrogen) atoms. The standard InChI is InChI=1S/C28H38N2O4.C10H22O/c1-5-17-16-30-9-7-19-13-27(33-3)28(34-4)15-22(19)24(30)11-20(17)10-23-21-14-26(32-2)25(31)12-18(21)6-8-29-23;1-9(2)5-7-11-8-6-10(3)4/h12-15,17,20,23-24,29,31H,5-11,16H2,1-4H3;9-10H,5-8H2,1-4H3/t17-,20-,23+,24-;/m0./s1. The van der Waals surface area contributed by atoms with Crippen molar-refractivity contribution in [3.63, 3.8) is 0 Å². The molecule has 0 aliphatic carbocycles. The van der Waals surface area contributed by atoms with E-state index < -0.39 is 0 Å². The molecule has 3 aliphatic heterocycles. The fraction of sp³-hybridized carbons (Fsp3) is 0.684. The van der Waals surface area contributed by atoms with Crippen molar-refractivity contribution in [2.45, 2.75) is 91.6 Å². The zero-order valence-electron chi connectivity index (χ0n) is 29.3. The monoisotopic (exact) mass is 624 g/mol. The molecule has 7 heteroatoms. The molecule has 0 unspecified atom stereocenters. The fourth-order valence-corrected chi connectivity index (χ4v) is 7.33. The van der Waals surface area contributed by atoms with E-state index in [0.717, 1.165) is 81.9 Å². The van der Waals surface area contributed by atoms with Gasteiger partial charge in [0.05, 0.1) is 21.3 Å². The molecule has 252 valence electrons. The van der Waals surface area contributed by atoms with Gasteiger partial charge in [-0.3, -0.25) is 4.90 Å². The van der Waals surface area contributed by atoms with Crippen LogP contribution in [-0.4, -0.2) is 64.2 Å². The summed E-state index contributed by atoms with van der Waals surface area (Å²) in [6.07, 6.45) is 7.85. The third-order valence-electron chi connectivity index (χ3n) is 10.1. The van der Waals surface area contributed by atoms with Crippen LogP contribution in [-0.2, 0) is 17.6 Å². The highest BCUT2D eigenvalue weighted by Gasteiger charge is 2.40. The maximum absolute atomic E-state index is 10.3. The van der Waals surface area contributed by atoms with Gasteiger partial charge in [-0.15, -0.1) is 0 Å². The Kier molecular flexibility index (Phi) is 13.3. The Morgan fingerprint density at radius 3 is 2.07 bits per heavy atom. The molecule has 0 saturated carbocycles. The van der Waals surface area contributed by atoms with Gasteiger partial charge in [0.25, 0.3) is 0 Å². The summed E-state index contributed by atoms with van der Waals surface area (Å²) >= 11 is 0. The molecule has 0 amide bonds. The molecule has 0 bridgehead atoms.